The van der Waals surface area contributed by atoms with Gasteiger partial charge in [0.1, 0.15) is 36.3 Å². The molecule has 2 aliphatic rings. The van der Waals surface area contributed by atoms with Crippen LogP contribution < -0.4 is 10.9 Å². The van der Waals surface area contributed by atoms with Gasteiger partial charge in [-0.3, -0.25) is 29.2 Å². The molecule has 0 radical (unpaired) electrons. The topological polar surface area (TPSA) is 114 Å². The van der Waals surface area contributed by atoms with Crippen LogP contribution in [0.4, 0.5) is 0 Å². The van der Waals surface area contributed by atoms with Crippen LogP contribution >= 0.6 is 46.4 Å². The van der Waals surface area contributed by atoms with Crippen molar-refractivity contribution in [1.29, 1.82) is 0 Å². The van der Waals surface area contributed by atoms with Crippen LogP contribution in [0.2, 0.25) is 20.1 Å². The summed E-state index contributed by atoms with van der Waals surface area (Å²) in [4.78, 5) is 32.3. The van der Waals surface area contributed by atoms with Crippen molar-refractivity contribution in [2.75, 3.05) is 52.4 Å². The molecule has 0 spiro atoms. The predicted octanol–water partition coefficient (Wildman–Crippen LogP) is 5.51. The predicted molar refractivity (Wildman–Crippen MR) is 196 cm³/mol. The molecule has 2 aliphatic heterocycles. The number of aliphatic hydroxyl groups excluding tert-OH is 2. The Morgan fingerprint density at radius 1 is 0.500 bits per heavy atom. The number of piperazine rings is 2. The first-order valence-electron chi connectivity index (χ1n) is 16.3. The van der Waals surface area contributed by atoms with Gasteiger partial charge < -0.3 is 19.0 Å². The number of halogens is 4. The summed E-state index contributed by atoms with van der Waals surface area (Å²) in [6.07, 6.45) is 0. The Kier molecular flexibility index (Phi) is 14.4. The van der Waals surface area contributed by atoms with Gasteiger partial charge in [0, 0.05) is 105 Å². The first kappa shape index (κ1) is 38.5. The monoisotopic (exact) mass is 764 g/mol. The van der Waals surface area contributed by atoms with Crippen LogP contribution in [0.5, 0.6) is 0 Å². The number of nitrogens with zero attached hydrogens (tertiary/aromatic N) is 4. The zero-order chi connectivity index (χ0) is 35.6. The zero-order valence-corrected chi connectivity index (χ0v) is 30.5. The highest BCUT2D eigenvalue weighted by atomic mass is 35.5. The van der Waals surface area contributed by atoms with E-state index in [2.05, 4.69) is 19.6 Å². The molecule has 0 saturated carbocycles. The van der Waals surface area contributed by atoms with Gasteiger partial charge in [0.2, 0.25) is 0 Å². The average Bonchev–Trinajstić information content (AvgIpc) is 3.09. The van der Waals surface area contributed by atoms with Gasteiger partial charge in [-0.2, -0.15) is 0 Å². The fourth-order valence-corrected chi connectivity index (χ4v) is 6.78. The summed E-state index contributed by atoms with van der Waals surface area (Å²) in [6.45, 7) is 9.24. The van der Waals surface area contributed by atoms with Crippen LogP contribution in [0, 0.1) is 0 Å². The summed E-state index contributed by atoms with van der Waals surface area (Å²) >= 11 is 24.5. The fourth-order valence-electron chi connectivity index (χ4n) is 5.94. The van der Waals surface area contributed by atoms with Crippen LogP contribution in [0.3, 0.4) is 0 Å². The molecule has 2 aromatic carbocycles. The lowest BCUT2D eigenvalue weighted by Crippen LogP contribution is -2.45. The molecule has 4 aromatic rings. The van der Waals surface area contributed by atoms with Crippen molar-refractivity contribution in [3.63, 3.8) is 0 Å². The van der Waals surface area contributed by atoms with Gasteiger partial charge in [0.25, 0.3) is 0 Å². The van der Waals surface area contributed by atoms with E-state index in [-0.39, 0.29) is 24.1 Å². The molecule has 14 heteroatoms. The van der Waals surface area contributed by atoms with Gasteiger partial charge in [-0.1, -0.05) is 58.5 Å². The second-order valence-corrected chi connectivity index (χ2v) is 13.9. The molecule has 2 aromatic heterocycles. The largest absolute Gasteiger partial charge is 0.462 e. The molecule has 2 saturated heterocycles. The van der Waals surface area contributed by atoms with Crippen LogP contribution in [-0.2, 0) is 39.4 Å². The summed E-state index contributed by atoms with van der Waals surface area (Å²) in [7, 11) is 0. The molecule has 0 unspecified atom stereocenters. The third kappa shape index (κ3) is 11.4. The molecule has 4 heterocycles. The van der Waals surface area contributed by atoms with E-state index < -0.39 is 0 Å². The van der Waals surface area contributed by atoms with Crippen molar-refractivity contribution < 1.29 is 19.0 Å². The van der Waals surface area contributed by atoms with Crippen molar-refractivity contribution in [2.45, 2.75) is 39.4 Å². The standard InChI is InChI=1S/2C18H20Cl2N2O3/c19-17-2-1-13(7-18(17)20)10-21-3-5-22(6-4-21)11-15-8-14(24)9-16(12-23)25-15;19-17-2-1-3-18(20)16(17)11-22-6-4-21(5-7-22)10-14-8-13(24)9-15(12-23)25-14/h1-2,7-9,23H,3-6,10-12H2;1-3,8-9,23H,4-7,10-12H2. The Morgan fingerprint density at radius 3 is 1.36 bits per heavy atom. The van der Waals surface area contributed by atoms with Gasteiger partial charge >= 0.3 is 0 Å². The Labute approximate surface area is 310 Å². The molecule has 0 atom stereocenters. The van der Waals surface area contributed by atoms with Crippen LogP contribution in [0.25, 0.3) is 0 Å². The van der Waals surface area contributed by atoms with Gasteiger partial charge in [-0.15, -0.1) is 0 Å². The average molecular weight is 767 g/mol. The molecular formula is C36H40Cl4N4O6. The third-order valence-electron chi connectivity index (χ3n) is 8.57. The van der Waals surface area contributed by atoms with Crippen molar-refractivity contribution >= 4 is 46.4 Å². The number of rotatable bonds is 10. The van der Waals surface area contributed by atoms with E-state index in [9.17, 15) is 9.59 Å². The van der Waals surface area contributed by atoms with Crippen molar-refractivity contribution in [3.8, 4) is 0 Å². The SMILES string of the molecule is O=c1cc(CO)oc(CN2CCN(Cc3c(Cl)cccc3Cl)CC2)c1.O=c1cc(CO)oc(CN2CCN(Cc3ccc(Cl)c(Cl)c3)CC2)c1. The Hall–Kier alpha value is -2.74. The van der Waals surface area contributed by atoms with Crippen LogP contribution in [0.1, 0.15) is 34.2 Å². The van der Waals surface area contributed by atoms with E-state index >= 15 is 0 Å². The molecule has 268 valence electrons. The molecule has 6 rings (SSSR count). The first-order valence-corrected chi connectivity index (χ1v) is 17.8. The van der Waals surface area contributed by atoms with Gasteiger partial charge in [0.15, 0.2) is 10.9 Å². The minimum Gasteiger partial charge on any atom is -0.462 e. The molecule has 0 aliphatic carbocycles. The van der Waals surface area contributed by atoms with Gasteiger partial charge in [-0.05, 0) is 29.8 Å². The maximum Gasteiger partial charge on any atom is 0.185 e. The van der Waals surface area contributed by atoms with Crippen molar-refractivity contribution in [2.24, 2.45) is 0 Å². The lowest BCUT2D eigenvalue weighted by molar-refractivity contribution is 0.113. The second kappa shape index (κ2) is 18.7. The van der Waals surface area contributed by atoms with E-state index in [0.29, 0.717) is 56.2 Å². The van der Waals surface area contributed by atoms with E-state index in [1.807, 2.05) is 36.4 Å². The molecule has 50 heavy (non-hydrogen) atoms. The third-order valence-corrected chi connectivity index (χ3v) is 10.0. The van der Waals surface area contributed by atoms with Gasteiger partial charge in [-0.25, -0.2) is 0 Å². The summed E-state index contributed by atoms with van der Waals surface area (Å²) in [5.41, 5.74) is 1.83. The van der Waals surface area contributed by atoms with E-state index in [0.717, 1.165) is 76.6 Å². The normalized spacial score (nSPS) is 16.3. The summed E-state index contributed by atoms with van der Waals surface area (Å²) in [6, 6.07) is 16.9. The molecule has 0 bridgehead atoms. The molecule has 2 fully saturated rings. The minimum atomic E-state index is -0.268. The van der Waals surface area contributed by atoms with E-state index in [4.69, 9.17) is 65.5 Å². The Balaban J connectivity index is 0.000000194. The molecule has 0 amide bonds. The molecule has 10 nitrogen and oxygen atoms in total. The number of aliphatic hydroxyl groups is 2. The summed E-state index contributed by atoms with van der Waals surface area (Å²) in [5, 5.41) is 20.8. The number of benzene rings is 2. The maximum atomic E-state index is 11.6. The van der Waals surface area contributed by atoms with Crippen LogP contribution in [-0.4, -0.2) is 82.2 Å². The van der Waals surface area contributed by atoms with Gasteiger partial charge in [0.05, 0.1) is 23.1 Å². The molecule has 2 N–H and O–H groups in total. The number of hydrogen-bond acceptors (Lipinski definition) is 10. The second-order valence-electron chi connectivity index (χ2n) is 12.3. The highest BCUT2D eigenvalue weighted by Crippen LogP contribution is 2.26. The molecular weight excluding hydrogens is 726 g/mol. The lowest BCUT2D eigenvalue weighted by atomic mass is 10.2. The lowest BCUT2D eigenvalue weighted by Gasteiger charge is -2.34. The summed E-state index contributed by atoms with van der Waals surface area (Å²) < 4.78 is 11.0. The highest BCUT2D eigenvalue weighted by molar-refractivity contribution is 6.42. The zero-order valence-electron chi connectivity index (χ0n) is 27.5. The Morgan fingerprint density at radius 2 is 0.920 bits per heavy atom. The number of hydrogen-bond donors (Lipinski definition) is 2. The van der Waals surface area contributed by atoms with E-state index in [1.165, 1.54) is 24.3 Å². The summed E-state index contributed by atoms with van der Waals surface area (Å²) in [5.74, 6) is 1.78. The van der Waals surface area contributed by atoms with Crippen molar-refractivity contribution in [3.05, 3.63) is 135 Å². The Bertz CT molecular complexity index is 1820. The maximum absolute atomic E-state index is 11.6. The minimum absolute atomic E-state index is 0.136. The quantitative estimate of drug-likeness (QED) is 0.214. The highest BCUT2D eigenvalue weighted by Gasteiger charge is 2.21. The first-order chi connectivity index (χ1) is 24.1. The fraction of sp³-hybridized carbons (Fsp3) is 0.389. The van der Waals surface area contributed by atoms with E-state index in [1.54, 1.807) is 0 Å². The smallest absolute Gasteiger partial charge is 0.185 e. The van der Waals surface area contributed by atoms with Crippen molar-refractivity contribution in [1.82, 2.24) is 19.6 Å². The van der Waals surface area contributed by atoms with Crippen LogP contribution in [0.15, 0.2) is 79.1 Å².